The van der Waals surface area contributed by atoms with Gasteiger partial charge in [-0.2, -0.15) is 0 Å². The minimum atomic E-state index is -1.23. The quantitative estimate of drug-likeness (QED) is 0.735. The highest BCUT2D eigenvalue weighted by Gasteiger charge is 2.45. The van der Waals surface area contributed by atoms with Crippen molar-refractivity contribution < 1.29 is 24.2 Å². The molecule has 7 nitrogen and oxygen atoms in total. The molecule has 0 saturated carbocycles. The molecular weight excluding hydrogens is 228 g/mol. The Morgan fingerprint density at radius 1 is 1.41 bits per heavy atom. The Morgan fingerprint density at radius 3 is 2.35 bits per heavy atom. The first-order valence-electron chi connectivity index (χ1n) is 5.13. The summed E-state index contributed by atoms with van der Waals surface area (Å²) in [7, 11) is 1.43. The van der Waals surface area contributed by atoms with Gasteiger partial charge in [-0.05, 0) is 20.8 Å². The van der Waals surface area contributed by atoms with Gasteiger partial charge in [-0.15, -0.1) is 0 Å². The van der Waals surface area contributed by atoms with Gasteiger partial charge in [0.2, 0.25) is 0 Å². The maximum Gasteiger partial charge on any atom is 0.419 e. The third-order valence-electron chi connectivity index (χ3n) is 2.17. The van der Waals surface area contributed by atoms with E-state index in [9.17, 15) is 14.4 Å². The number of aliphatic carboxylic acids is 1. The highest BCUT2D eigenvalue weighted by atomic mass is 16.6. The number of hydrogen-bond acceptors (Lipinski definition) is 4. The second-order valence-electron chi connectivity index (χ2n) is 4.87. The molecule has 3 amide bonds. The van der Waals surface area contributed by atoms with Crippen LogP contribution >= 0.6 is 0 Å². The van der Waals surface area contributed by atoms with Gasteiger partial charge in [0.1, 0.15) is 5.60 Å². The van der Waals surface area contributed by atoms with Crippen molar-refractivity contribution in [3.8, 4) is 0 Å². The van der Waals surface area contributed by atoms with E-state index in [2.05, 4.69) is 0 Å². The molecule has 96 valence electrons. The number of ether oxygens (including phenoxy) is 1. The van der Waals surface area contributed by atoms with E-state index in [0.29, 0.717) is 4.90 Å². The summed E-state index contributed by atoms with van der Waals surface area (Å²) in [6, 6.07) is -1.85. The van der Waals surface area contributed by atoms with Crippen LogP contribution in [0.4, 0.5) is 9.59 Å². The molecule has 0 aromatic carbocycles. The van der Waals surface area contributed by atoms with Crippen LogP contribution in [0.1, 0.15) is 20.8 Å². The number of hydrogen-bond donors (Lipinski definition) is 1. The van der Waals surface area contributed by atoms with Gasteiger partial charge in [-0.3, -0.25) is 0 Å². The Hall–Kier alpha value is -1.79. The van der Waals surface area contributed by atoms with Crippen molar-refractivity contribution in [1.82, 2.24) is 9.80 Å². The highest BCUT2D eigenvalue weighted by molar-refractivity contribution is 5.98. The molecule has 1 atom stereocenters. The largest absolute Gasteiger partial charge is 0.480 e. The lowest BCUT2D eigenvalue weighted by Crippen LogP contribution is -2.46. The minimum absolute atomic E-state index is 0.0343. The molecule has 1 aliphatic heterocycles. The van der Waals surface area contributed by atoms with Gasteiger partial charge >= 0.3 is 18.1 Å². The van der Waals surface area contributed by atoms with Gasteiger partial charge in [0.15, 0.2) is 6.04 Å². The predicted octanol–water partition coefficient (Wildman–Crippen LogP) is 0.742. The lowest BCUT2D eigenvalue weighted by molar-refractivity contribution is -0.141. The van der Waals surface area contributed by atoms with Crippen molar-refractivity contribution >= 4 is 18.1 Å². The number of imide groups is 1. The Labute approximate surface area is 98.9 Å². The fraction of sp³-hybridized carbons (Fsp3) is 0.700. The molecule has 1 heterocycles. The van der Waals surface area contributed by atoms with Crippen molar-refractivity contribution in [2.75, 3.05) is 13.6 Å². The number of likely N-dealkylation sites (N-methyl/N-ethyl adjacent to an activating group) is 1. The van der Waals surface area contributed by atoms with Crippen LogP contribution in [-0.4, -0.2) is 58.2 Å². The number of urea groups is 1. The summed E-state index contributed by atoms with van der Waals surface area (Å²) >= 11 is 0. The van der Waals surface area contributed by atoms with Crippen molar-refractivity contribution in [1.29, 1.82) is 0 Å². The van der Waals surface area contributed by atoms with E-state index in [4.69, 9.17) is 9.84 Å². The van der Waals surface area contributed by atoms with Crippen LogP contribution in [0.25, 0.3) is 0 Å². The molecule has 1 aliphatic rings. The standard InChI is InChI=1S/C10H16N2O5/c1-10(2,3)17-9(16)12-6(7(13)14)5-11(4)8(12)15/h6H,5H2,1-4H3,(H,13,14)/t6-/m0/s1. The van der Waals surface area contributed by atoms with E-state index >= 15 is 0 Å². The molecule has 0 bridgehead atoms. The maximum absolute atomic E-state index is 11.7. The summed E-state index contributed by atoms with van der Waals surface area (Å²) in [4.78, 5) is 36.1. The van der Waals surface area contributed by atoms with E-state index in [1.54, 1.807) is 20.8 Å². The lowest BCUT2D eigenvalue weighted by Gasteiger charge is -2.24. The first-order chi connectivity index (χ1) is 7.63. The smallest absolute Gasteiger partial charge is 0.419 e. The SMILES string of the molecule is CN1C[C@@H](C(=O)O)N(C(=O)OC(C)(C)C)C1=O. The van der Waals surface area contributed by atoms with Crippen LogP contribution < -0.4 is 0 Å². The van der Waals surface area contributed by atoms with Gasteiger partial charge in [0.25, 0.3) is 0 Å². The number of carboxylic acid groups (broad SMARTS) is 1. The van der Waals surface area contributed by atoms with Crippen molar-refractivity contribution in [2.24, 2.45) is 0 Å². The van der Waals surface area contributed by atoms with Crippen molar-refractivity contribution in [3.63, 3.8) is 0 Å². The first kappa shape index (κ1) is 13.3. The van der Waals surface area contributed by atoms with Crippen molar-refractivity contribution in [2.45, 2.75) is 32.4 Å². The van der Waals surface area contributed by atoms with Crippen LogP contribution in [0.2, 0.25) is 0 Å². The van der Waals surface area contributed by atoms with Crippen LogP contribution in [0.15, 0.2) is 0 Å². The number of rotatable bonds is 1. The van der Waals surface area contributed by atoms with Crippen LogP contribution in [0, 0.1) is 0 Å². The van der Waals surface area contributed by atoms with Gasteiger partial charge in [-0.1, -0.05) is 0 Å². The molecule has 1 rings (SSSR count). The molecule has 0 aromatic heterocycles. The number of nitrogens with zero attached hydrogens (tertiary/aromatic N) is 2. The fourth-order valence-electron chi connectivity index (χ4n) is 1.44. The van der Waals surface area contributed by atoms with Gasteiger partial charge in [-0.25, -0.2) is 19.3 Å². The molecular formula is C10H16N2O5. The monoisotopic (exact) mass is 244 g/mol. The maximum atomic E-state index is 11.7. The van der Waals surface area contributed by atoms with Crippen LogP contribution in [0.3, 0.4) is 0 Å². The van der Waals surface area contributed by atoms with E-state index < -0.39 is 29.7 Å². The average molecular weight is 244 g/mol. The van der Waals surface area contributed by atoms with Crippen LogP contribution in [-0.2, 0) is 9.53 Å². The van der Waals surface area contributed by atoms with E-state index in [1.165, 1.54) is 11.9 Å². The molecule has 17 heavy (non-hydrogen) atoms. The van der Waals surface area contributed by atoms with E-state index in [-0.39, 0.29) is 6.54 Å². The molecule has 7 heteroatoms. The zero-order valence-corrected chi connectivity index (χ0v) is 10.3. The number of amides is 3. The third kappa shape index (κ3) is 2.86. The molecule has 1 fully saturated rings. The molecule has 0 radical (unpaired) electrons. The van der Waals surface area contributed by atoms with E-state index in [1.807, 2.05) is 0 Å². The fourth-order valence-corrected chi connectivity index (χ4v) is 1.44. The summed E-state index contributed by atoms with van der Waals surface area (Å²) in [6.07, 6.45) is -0.931. The molecule has 0 spiro atoms. The van der Waals surface area contributed by atoms with E-state index in [0.717, 1.165) is 0 Å². The second kappa shape index (κ2) is 4.23. The minimum Gasteiger partial charge on any atom is -0.480 e. The summed E-state index contributed by atoms with van der Waals surface area (Å²) in [5, 5.41) is 8.94. The Kier molecular flexibility index (Phi) is 3.30. The molecule has 0 aromatic rings. The summed E-state index contributed by atoms with van der Waals surface area (Å²) < 4.78 is 5.00. The molecule has 0 unspecified atom stereocenters. The zero-order valence-electron chi connectivity index (χ0n) is 10.3. The predicted molar refractivity (Wildman–Crippen MR) is 57.5 cm³/mol. The number of carbonyl (C=O) groups is 3. The lowest BCUT2D eigenvalue weighted by atomic mass is 10.2. The average Bonchev–Trinajstić information content (AvgIpc) is 2.40. The first-order valence-corrected chi connectivity index (χ1v) is 5.13. The number of carbonyl (C=O) groups excluding carboxylic acids is 2. The Morgan fingerprint density at radius 2 is 1.94 bits per heavy atom. The normalized spacial score (nSPS) is 20.7. The summed E-state index contributed by atoms with van der Waals surface area (Å²) in [6.45, 7) is 4.90. The zero-order chi connectivity index (χ0) is 13.4. The molecule has 1 saturated heterocycles. The topological polar surface area (TPSA) is 87.2 Å². The van der Waals surface area contributed by atoms with Gasteiger partial charge in [0, 0.05) is 7.05 Å². The Balaban J connectivity index is 2.89. The van der Waals surface area contributed by atoms with Gasteiger partial charge < -0.3 is 14.7 Å². The van der Waals surface area contributed by atoms with Crippen molar-refractivity contribution in [3.05, 3.63) is 0 Å². The highest BCUT2D eigenvalue weighted by Crippen LogP contribution is 2.19. The second-order valence-corrected chi connectivity index (χ2v) is 4.87. The third-order valence-corrected chi connectivity index (χ3v) is 2.17. The number of carboxylic acids is 1. The summed E-state index contributed by atoms with van der Waals surface area (Å²) in [5.74, 6) is -1.23. The van der Waals surface area contributed by atoms with Crippen LogP contribution in [0.5, 0.6) is 0 Å². The molecule has 1 N–H and O–H groups in total. The van der Waals surface area contributed by atoms with Gasteiger partial charge in [0.05, 0.1) is 6.54 Å². The Bertz CT molecular complexity index is 360. The molecule has 0 aliphatic carbocycles. The summed E-state index contributed by atoms with van der Waals surface area (Å²) in [5.41, 5.74) is -0.776.